The number of amides is 1. The van der Waals surface area contributed by atoms with Gasteiger partial charge in [-0.05, 0) is 30.8 Å². The molecule has 1 unspecified atom stereocenters. The average Bonchev–Trinajstić information content (AvgIpc) is 2.40. The van der Waals surface area contributed by atoms with Crippen LogP contribution < -0.4 is 11.1 Å². The number of nitrogens with two attached hydrogens (primary N) is 1. The number of benzene rings is 1. The van der Waals surface area contributed by atoms with Gasteiger partial charge in [0.15, 0.2) is 0 Å². The normalized spacial score (nSPS) is 12.6. The zero-order chi connectivity index (χ0) is 14.3. The van der Waals surface area contributed by atoms with Gasteiger partial charge in [0.2, 0.25) is 5.91 Å². The molecule has 0 saturated carbocycles. The Kier molecular flexibility index (Phi) is 7.05. The van der Waals surface area contributed by atoms with Crippen molar-refractivity contribution in [3.63, 3.8) is 0 Å². The van der Waals surface area contributed by atoms with Crippen LogP contribution in [-0.4, -0.2) is 37.0 Å². The summed E-state index contributed by atoms with van der Waals surface area (Å²) in [5, 5.41) is 3.22. The van der Waals surface area contributed by atoms with E-state index in [0.717, 1.165) is 36.2 Å². The van der Waals surface area contributed by atoms with E-state index in [9.17, 15) is 4.79 Å². The Balaban J connectivity index is 2.59. The summed E-state index contributed by atoms with van der Waals surface area (Å²) in [5.41, 5.74) is 6.36. The van der Waals surface area contributed by atoms with Crippen molar-refractivity contribution >= 4 is 21.8 Å². The Morgan fingerprint density at radius 1 is 1.32 bits per heavy atom. The summed E-state index contributed by atoms with van der Waals surface area (Å²) < 4.78 is 0.989. The van der Waals surface area contributed by atoms with Crippen LogP contribution in [0, 0.1) is 0 Å². The quantitative estimate of drug-likeness (QED) is 0.766. The second kappa shape index (κ2) is 8.30. The molecule has 1 atom stereocenters. The maximum absolute atomic E-state index is 11.5. The predicted molar refractivity (Wildman–Crippen MR) is 81.9 cm³/mol. The Morgan fingerprint density at radius 3 is 2.37 bits per heavy atom. The topological polar surface area (TPSA) is 58.4 Å². The first-order valence-corrected chi connectivity index (χ1v) is 7.38. The molecule has 0 saturated heterocycles. The van der Waals surface area contributed by atoms with Gasteiger partial charge in [0.1, 0.15) is 6.04 Å². The number of carbonyl (C=O) groups excluding carboxylic acids is 1. The van der Waals surface area contributed by atoms with E-state index < -0.39 is 6.04 Å². The van der Waals surface area contributed by atoms with Crippen molar-refractivity contribution in [3.8, 4) is 0 Å². The molecule has 4 nitrogen and oxygen atoms in total. The van der Waals surface area contributed by atoms with Crippen LogP contribution in [0.25, 0.3) is 0 Å². The SMILES string of the molecule is CCN(CC)CCNC(C(N)=O)c1ccc(Br)cc1. The van der Waals surface area contributed by atoms with Crippen molar-refractivity contribution in [2.75, 3.05) is 26.2 Å². The third-order valence-electron chi connectivity index (χ3n) is 3.16. The maximum atomic E-state index is 11.5. The molecule has 0 radical (unpaired) electrons. The fourth-order valence-corrected chi connectivity index (χ4v) is 2.21. The highest BCUT2D eigenvalue weighted by molar-refractivity contribution is 9.10. The number of primary amides is 1. The zero-order valence-electron chi connectivity index (χ0n) is 11.5. The smallest absolute Gasteiger partial charge is 0.239 e. The van der Waals surface area contributed by atoms with Gasteiger partial charge in [0.25, 0.3) is 0 Å². The molecule has 0 fully saturated rings. The largest absolute Gasteiger partial charge is 0.368 e. The van der Waals surface area contributed by atoms with Gasteiger partial charge in [0, 0.05) is 17.6 Å². The lowest BCUT2D eigenvalue weighted by Crippen LogP contribution is -2.38. The van der Waals surface area contributed by atoms with Crippen molar-refractivity contribution in [1.29, 1.82) is 0 Å². The molecule has 0 spiro atoms. The highest BCUT2D eigenvalue weighted by Crippen LogP contribution is 2.16. The van der Waals surface area contributed by atoms with Crippen LogP contribution >= 0.6 is 15.9 Å². The molecule has 0 aliphatic rings. The van der Waals surface area contributed by atoms with Gasteiger partial charge in [-0.15, -0.1) is 0 Å². The highest BCUT2D eigenvalue weighted by Gasteiger charge is 2.16. The van der Waals surface area contributed by atoms with Crippen LogP contribution in [0.15, 0.2) is 28.7 Å². The molecule has 1 aromatic carbocycles. The van der Waals surface area contributed by atoms with Crippen LogP contribution in [0.1, 0.15) is 25.5 Å². The minimum atomic E-state index is -0.427. The van der Waals surface area contributed by atoms with Crippen molar-refractivity contribution < 1.29 is 4.79 Å². The molecule has 19 heavy (non-hydrogen) atoms. The van der Waals surface area contributed by atoms with Gasteiger partial charge in [-0.2, -0.15) is 0 Å². The van der Waals surface area contributed by atoms with E-state index in [1.807, 2.05) is 24.3 Å². The van der Waals surface area contributed by atoms with Gasteiger partial charge in [0.05, 0.1) is 0 Å². The number of halogens is 1. The van der Waals surface area contributed by atoms with Crippen molar-refractivity contribution in [2.24, 2.45) is 5.73 Å². The number of nitrogens with one attached hydrogen (secondary N) is 1. The van der Waals surface area contributed by atoms with E-state index in [0.29, 0.717) is 0 Å². The number of hydrogen-bond acceptors (Lipinski definition) is 3. The maximum Gasteiger partial charge on any atom is 0.239 e. The van der Waals surface area contributed by atoms with Crippen LogP contribution in [0.5, 0.6) is 0 Å². The van der Waals surface area contributed by atoms with Gasteiger partial charge in [-0.1, -0.05) is 41.9 Å². The van der Waals surface area contributed by atoms with Gasteiger partial charge >= 0.3 is 0 Å². The van der Waals surface area contributed by atoms with Crippen LogP contribution in [-0.2, 0) is 4.79 Å². The molecule has 3 N–H and O–H groups in total. The monoisotopic (exact) mass is 327 g/mol. The Bertz CT molecular complexity index is 390. The number of nitrogens with zero attached hydrogens (tertiary/aromatic N) is 1. The molecule has 0 bridgehead atoms. The predicted octanol–water partition coefficient (Wildman–Crippen LogP) is 1.91. The summed E-state index contributed by atoms with van der Waals surface area (Å²) in [6.07, 6.45) is 0. The summed E-state index contributed by atoms with van der Waals surface area (Å²) >= 11 is 3.38. The van der Waals surface area contributed by atoms with Crippen LogP contribution in [0.3, 0.4) is 0 Å². The molecule has 1 amide bonds. The minimum Gasteiger partial charge on any atom is -0.368 e. The van der Waals surface area contributed by atoms with E-state index in [-0.39, 0.29) is 5.91 Å². The minimum absolute atomic E-state index is 0.345. The zero-order valence-corrected chi connectivity index (χ0v) is 13.1. The van der Waals surface area contributed by atoms with E-state index in [4.69, 9.17) is 5.73 Å². The summed E-state index contributed by atoms with van der Waals surface area (Å²) in [4.78, 5) is 13.8. The van der Waals surface area contributed by atoms with E-state index in [1.54, 1.807) is 0 Å². The van der Waals surface area contributed by atoms with Crippen LogP contribution in [0.2, 0.25) is 0 Å². The standard InChI is InChI=1S/C14H22BrN3O/c1-3-18(4-2)10-9-17-13(14(16)19)11-5-7-12(15)8-6-11/h5-8,13,17H,3-4,9-10H2,1-2H3,(H2,16,19). The number of hydrogen-bond donors (Lipinski definition) is 2. The third kappa shape index (κ3) is 5.30. The fraction of sp³-hybridized carbons (Fsp3) is 0.500. The molecule has 1 rings (SSSR count). The fourth-order valence-electron chi connectivity index (χ4n) is 1.94. The van der Waals surface area contributed by atoms with Crippen LogP contribution in [0.4, 0.5) is 0 Å². The molecule has 1 aromatic rings. The molecule has 0 heterocycles. The van der Waals surface area contributed by atoms with Crippen molar-refractivity contribution in [1.82, 2.24) is 10.2 Å². The van der Waals surface area contributed by atoms with Crippen molar-refractivity contribution in [2.45, 2.75) is 19.9 Å². The lowest BCUT2D eigenvalue weighted by Gasteiger charge is -2.21. The first-order valence-electron chi connectivity index (χ1n) is 6.59. The molecule has 0 aliphatic carbocycles. The third-order valence-corrected chi connectivity index (χ3v) is 3.69. The summed E-state index contributed by atoms with van der Waals surface area (Å²) in [6.45, 7) is 7.93. The lowest BCUT2D eigenvalue weighted by atomic mass is 10.1. The second-order valence-electron chi connectivity index (χ2n) is 4.37. The molecule has 106 valence electrons. The first-order chi connectivity index (χ1) is 9.08. The number of rotatable bonds is 8. The number of likely N-dealkylation sites (N-methyl/N-ethyl adjacent to an activating group) is 1. The number of carbonyl (C=O) groups is 1. The van der Waals surface area contributed by atoms with E-state index >= 15 is 0 Å². The average molecular weight is 328 g/mol. The summed E-state index contributed by atoms with van der Waals surface area (Å²) in [6, 6.07) is 7.21. The van der Waals surface area contributed by atoms with E-state index in [1.165, 1.54) is 0 Å². The Morgan fingerprint density at radius 2 is 1.89 bits per heavy atom. The molecule has 5 heteroatoms. The molecular formula is C14H22BrN3O. The van der Waals surface area contributed by atoms with Gasteiger partial charge in [-0.3, -0.25) is 4.79 Å². The van der Waals surface area contributed by atoms with Gasteiger partial charge < -0.3 is 16.0 Å². The lowest BCUT2D eigenvalue weighted by molar-refractivity contribution is -0.120. The van der Waals surface area contributed by atoms with E-state index in [2.05, 4.69) is 40.0 Å². The highest BCUT2D eigenvalue weighted by atomic mass is 79.9. The Hall–Kier alpha value is -0.910. The molecular weight excluding hydrogens is 306 g/mol. The summed E-state index contributed by atoms with van der Waals surface area (Å²) in [5.74, 6) is -0.345. The van der Waals surface area contributed by atoms with Crippen molar-refractivity contribution in [3.05, 3.63) is 34.3 Å². The van der Waals surface area contributed by atoms with Gasteiger partial charge in [-0.25, -0.2) is 0 Å². The summed E-state index contributed by atoms with van der Waals surface area (Å²) in [7, 11) is 0. The second-order valence-corrected chi connectivity index (χ2v) is 5.28. The Labute approximate surface area is 123 Å². The molecule has 0 aliphatic heterocycles. The molecule has 0 aromatic heterocycles. The first kappa shape index (κ1) is 16.1.